The minimum absolute atomic E-state index is 0.0164. The first-order chi connectivity index (χ1) is 8.19. The van der Waals surface area contributed by atoms with Crippen molar-refractivity contribution in [2.75, 3.05) is 11.0 Å². The van der Waals surface area contributed by atoms with Gasteiger partial charge < -0.3 is 9.84 Å². The number of sulfonamides is 1. The Morgan fingerprint density at radius 3 is 2.44 bits per heavy atom. The molecule has 0 saturated heterocycles. The van der Waals surface area contributed by atoms with Crippen LogP contribution in [0.1, 0.15) is 24.2 Å². The molecule has 0 bridgehead atoms. The summed E-state index contributed by atoms with van der Waals surface area (Å²) in [5.74, 6) is -0.844. The fourth-order valence-corrected chi connectivity index (χ4v) is 1.86. The largest absolute Gasteiger partial charge is 0.489 e. The van der Waals surface area contributed by atoms with Gasteiger partial charge in [-0.15, -0.1) is 0 Å². The molecule has 1 rings (SSSR count). The molecule has 0 aliphatic carbocycles. The maximum Gasteiger partial charge on any atom is 0.335 e. The summed E-state index contributed by atoms with van der Waals surface area (Å²) in [7, 11) is -3.50. The smallest absolute Gasteiger partial charge is 0.335 e. The molecule has 1 aromatic carbocycles. The highest BCUT2D eigenvalue weighted by Crippen LogP contribution is 2.27. The SMILES string of the molecule is CC(C)Oc1ccc(C(=O)O)cc1NS(C)(=O)=O. The van der Waals surface area contributed by atoms with Gasteiger partial charge >= 0.3 is 5.97 Å². The molecule has 0 saturated carbocycles. The molecular weight excluding hydrogens is 258 g/mol. The van der Waals surface area contributed by atoms with Crippen LogP contribution < -0.4 is 9.46 Å². The van der Waals surface area contributed by atoms with Gasteiger partial charge in [0.15, 0.2) is 0 Å². The van der Waals surface area contributed by atoms with Crippen LogP contribution in [-0.2, 0) is 10.0 Å². The van der Waals surface area contributed by atoms with Crippen molar-refractivity contribution < 1.29 is 23.1 Å². The lowest BCUT2D eigenvalue weighted by Gasteiger charge is -2.15. The predicted octanol–water partition coefficient (Wildman–Crippen LogP) is 1.54. The molecule has 0 unspecified atom stereocenters. The van der Waals surface area contributed by atoms with Crippen molar-refractivity contribution in [2.45, 2.75) is 20.0 Å². The predicted molar refractivity (Wildman–Crippen MR) is 67.6 cm³/mol. The van der Waals surface area contributed by atoms with Gasteiger partial charge in [0.1, 0.15) is 5.75 Å². The highest BCUT2D eigenvalue weighted by molar-refractivity contribution is 7.92. The van der Waals surface area contributed by atoms with Crippen LogP contribution in [0.2, 0.25) is 0 Å². The molecule has 0 radical (unpaired) electrons. The highest BCUT2D eigenvalue weighted by Gasteiger charge is 2.13. The van der Waals surface area contributed by atoms with E-state index in [0.29, 0.717) is 5.75 Å². The van der Waals surface area contributed by atoms with Gasteiger partial charge in [-0.05, 0) is 32.0 Å². The number of nitrogens with one attached hydrogen (secondary N) is 1. The molecule has 0 aliphatic rings. The molecule has 7 heteroatoms. The zero-order valence-corrected chi connectivity index (χ0v) is 11.1. The van der Waals surface area contributed by atoms with Gasteiger partial charge in [0.2, 0.25) is 10.0 Å². The molecule has 0 atom stereocenters. The number of carboxylic acid groups (broad SMARTS) is 1. The van der Waals surface area contributed by atoms with Gasteiger partial charge in [0.25, 0.3) is 0 Å². The van der Waals surface area contributed by atoms with Crippen molar-refractivity contribution in [1.29, 1.82) is 0 Å². The molecule has 100 valence electrons. The lowest BCUT2D eigenvalue weighted by atomic mass is 10.2. The Morgan fingerprint density at radius 1 is 1.39 bits per heavy atom. The minimum Gasteiger partial charge on any atom is -0.489 e. The number of carbonyl (C=O) groups is 1. The number of benzene rings is 1. The molecule has 0 aromatic heterocycles. The summed E-state index contributed by atoms with van der Waals surface area (Å²) in [4.78, 5) is 10.8. The van der Waals surface area contributed by atoms with Gasteiger partial charge in [0.05, 0.1) is 23.6 Å². The van der Waals surface area contributed by atoms with E-state index in [1.807, 2.05) is 0 Å². The summed E-state index contributed by atoms with van der Waals surface area (Å²) < 4.78 is 30.1. The van der Waals surface area contributed by atoms with Crippen LogP contribution in [0.3, 0.4) is 0 Å². The van der Waals surface area contributed by atoms with Crippen LogP contribution >= 0.6 is 0 Å². The Hall–Kier alpha value is -1.76. The van der Waals surface area contributed by atoms with Crippen molar-refractivity contribution in [1.82, 2.24) is 0 Å². The minimum atomic E-state index is -3.50. The maximum atomic E-state index is 11.2. The van der Waals surface area contributed by atoms with E-state index in [1.165, 1.54) is 18.2 Å². The first-order valence-electron chi connectivity index (χ1n) is 5.21. The Labute approximate surface area is 106 Å². The molecule has 2 N–H and O–H groups in total. The topological polar surface area (TPSA) is 92.7 Å². The van der Waals surface area contributed by atoms with Gasteiger partial charge in [0, 0.05) is 0 Å². The third-order valence-corrected chi connectivity index (χ3v) is 2.48. The third kappa shape index (κ3) is 4.25. The van der Waals surface area contributed by atoms with Gasteiger partial charge in [-0.1, -0.05) is 0 Å². The molecule has 18 heavy (non-hydrogen) atoms. The molecule has 0 spiro atoms. The van der Waals surface area contributed by atoms with Crippen molar-refractivity contribution in [3.8, 4) is 5.75 Å². The van der Waals surface area contributed by atoms with E-state index >= 15 is 0 Å². The van der Waals surface area contributed by atoms with E-state index in [-0.39, 0.29) is 17.4 Å². The normalized spacial score (nSPS) is 11.3. The molecule has 0 heterocycles. The summed E-state index contributed by atoms with van der Waals surface area (Å²) in [6, 6.07) is 4.01. The quantitative estimate of drug-likeness (QED) is 0.849. The average molecular weight is 273 g/mol. The summed E-state index contributed by atoms with van der Waals surface area (Å²) in [6.45, 7) is 3.57. The van der Waals surface area contributed by atoms with Gasteiger partial charge in [-0.3, -0.25) is 4.72 Å². The summed E-state index contributed by atoms with van der Waals surface area (Å²) in [5, 5.41) is 8.86. The molecular formula is C11H15NO5S. The number of hydrogen-bond donors (Lipinski definition) is 2. The molecule has 0 amide bonds. The molecule has 1 aromatic rings. The van der Waals surface area contributed by atoms with Gasteiger partial charge in [-0.25, -0.2) is 13.2 Å². The van der Waals surface area contributed by atoms with E-state index in [2.05, 4.69) is 4.72 Å². The van der Waals surface area contributed by atoms with E-state index in [0.717, 1.165) is 6.26 Å². The molecule has 0 fully saturated rings. The van der Waals surface area contributed by atoms with Crippen molar-refractivity contribution in [2.24, 2.45) is 0 Å². The lowest BCUT2D eigenvalue weighted by Crippen LogP contribution is -2.14. The summed E-state index contributed by atoms with van der Waals surface area (Å²) >= 11 is 0. The standard InChI is InChI=1S/C11H15NO5S/c1-7(2)17-10-5-4-8(11(13)14)6-9(10)12-18(3,15)16/h4-7,12H,1-3H3,(H,13,14). The Morgan fingerprint density at radius 2 is 2.00 bits per heavy atom. The average Bonchev–Trinajstić information content (AvgIpc) is 2.17. The van der Waals surface area contributed by atoms with Crippen LogP contribution in [-0.4, -0.2) is 31.9 Å². The number of rotatable bonds is 5. The Bertz CT molecular complexity index is 551. The van der Waals surface area contributed by atoms with E-state index in [9.17, 15) is 13.2 Å². The number of hydrogen-bond acceptors (Lipinski definition) is 4. The fourth-order valence-electron chi connectivity index (χ4n) is 1.30. The summed E-state index contributed by atoms with van der Waals surface area (Å²) in [5.41, 5.74) is 0.100. The van der Waals surface area contributed by atoms with Crippen molar-refractivity contribution in [3.63, 3.8) is 0 Å². The maximum absolute atomic E-state index is 11.2. The fraction of sp³-hybridized carbons (Fsp3) is 0.364. The van der Waals surface area contributed by atoms with E-state index < -0.39 is 16.0 Å². The van der Waals surface area contributed by atoms with E-state index in [1.54, 1.807) is 13.8 Å². The second-order valence-electron chi connectivity index (χ2n) is 4.06. The van der Waals surface area contributed by atoms with Crippen molar-refractivity contribution in [3.05, 3.63) is 23.8 Å². The zero-order chi connectivity index (χ0) is 13.9. The van der Waals surface area contributed by atoms with Crippen LogP contribution in [0, 0.1) is 0 Å². The second kappa shape index (κ2) is 5.26. The number of carboxylic acids is 1. The van der Waals surface area contributed by atoms with Crippen LogP contribution in [0.25, 0.3) is 0 Å². The third-order valence-electron chi connectivity index (χ3n) is 1.88. The van der Waals surface area contributed by atoms with Crippen LogP contribution in [0.15, 0.2) is 18.2 Å². The second-order valence-corrected chi connectivity index (χ2v) is 5.81. The zero-order valence-electron chi connectivity index (χ0n) is 10.3. The molecule has 0 aliphatic heterocycles. The van der Waals surface area contributed by atoms with Crippen LogP contribution in [0.5, 0.6) is 5.75 Å². The summed E-state index contributed by atoms with van der Waals surface area (Å²) in [6.07, 6.45) is 0.834. The van der Waals surface area contributed by atoms with Crippen molar-refractivity contribution >= 4 is 21.7 Å². The monoisotopic (exact) mass is 273 g/mol. The van der Waals surface area contributed by atoms with Gasteiger partial charge in [-0.2, -0.15) is 0 Å². The first kappa shape index (κ1) is 14.3. The number of ether oxygens (including phenoxy) is 1. The highest BCUT2D eigenvalue weighted by atomic mass is 32.2. The molecule has 6 nitrogen and oxygen atoms in total. The Kier molecular flexibility index (Phi) is 4.18. The first-order valence-corrected chi connectivity index (χ1v) is 7.10. The van der Waals surface area contributed by atoms with E-state index in [4.69, 9.17) is 9.84 Å². The lowest BCUT2D eigenvalue weighted by molar-refractivity contribution is 0.0697. The van der Waals surface area contributed by atoms with Crippen LogP contribution in [0.4, 0.5) is 5.69 Å². The Balaban J connectivity index is 3.21. The number of anilines is 1. The number of aromatic carboxylic acids is 1.